The maximum Gasteiger partial charge on any atom is 0.115 e. The molecule has 2 heterocycles. The zero-order valence-corrected chi connectivity index (χ0v) is 11.8. The normalized spacial score (nSPS) is 12.2. The number of likely N-dealkylation sites (N-methyl/N-ethyl adjacent to an activating group) is 1. The molecule has 0 fully saturated rings. The van der Waals surface area contributed by atoms with Crippen molar-refractivity contribution in [2.75, 3.05) is 13.6 Å². The highest BCUT2D eigenvalue weighted by Crippen LogP contribution is 2.25. The van der Waals surface area contributed by atoms with Crippen molar-refractivity contribution in [3.8, 4) is 11.1 Å². The van der Waals surface area contributed by atoms with Crippen molar-refractivity contribution in [1.29, 1.82) is 0 Å². The largest absolute Gasteiger partial charge is 0.319 e. The van der Waals surface area contributed by atoms with Crippen LogP contribution in [-0.4, -0.2) is 33.8 Å². The van der Waals surface area contributed by atoms with Gasteiger partial charge in [0, 0.05) is 30.4 Å². The summed E-state index contributed by atoms with van der Waals surface area (Å²) < 4.78 is 0. The maximum atomic E-state index is 4.38. The predicted octanol–water partition coefficient (Wildman–Crippen LogP) is 2.22. The van der Waals surface area contributed by atoms with Gasteiger partial charge in [-0.25, -0.2) is 9.97 Å². The van der Waals surface area contributed by atoms with Crippen molar-refractivity contribution in [3.05, 3.63) is 66.5 Å². The van der Waals surface area contributed by atoms with Crippen LogP contribution in [-0.2, 0) is 0 Å². The highest BCUT2D eigenvalue weighted by Gasteiger charge is 2.14. The second-order valence-electron chi connectivity index (χ2n) is 4.85. The number of hydrogen-bond acceptors (Lipinski definition) is 4. The molecule has 0 radical (unpaired) electrons. The Morgan fingerprint density at radius 3 is 2.62 bits per heavy atom. The zero-order valence-electron chi connectivity index (χ0n) is 11.8. The number of benzene rings is 1. The van der Waals surface area contributed by atoms with Crippen LogP contribution in [0.15, 0.2) is 55.2 Å². The van der Waals surface area contributed by atoms with Gasteiger partial charge in [-0.1, -0.05) is 24.3 Å². The maximum absolute atomic E-state index is 4.38. The van der Waals surface area contributed by atoms with E-state index in [9.17, 15) is 0 Å². The molecule has 5 heteroatoms. The monoisotopic (exact) mass is 279 g/mol. The van der Waals surface area contributed by atoms with Crippen molar-refractivity contribution >= 4 is 0 Å². The molecule has 1 atom stereocenters. The highest BCUT2D eigenvalue weighted by atomic mass is 15.1. The molecule has 2 N–H and O–H groups in total. The molecule has 21 heavy (non-hydrogen) atoms. The van der Waals surface area contributed by atoms with Crippen molar-refractivity contribution in [2.45, 2.75) is 5.92 Å². The van der Waals surface area contributed by atoms with Gasteiger partial charge in [0.25, 0.3) is 0 Å². The van der Waals surface area contributed by atoms with E-state index >= 15 is 0 Å². The van der Waals surface area contributed by atoms with E-state index in [1.165, 1.54) is 5.56 Å². The summed E-state index contributed by atoms with van der Waals surface area (Å²) in [7, 11) is 1.95. The van der Waals surface area contributed by atoms with Crippen LogP contribution in [0, 0.1) is 0 Å². The van der Waals surface area contributed by atoms with Gasteiger partial charge in [0.15, 0.2) is 0 Å². The zero-order chi connectivity index (χ0) is 14.5. The first-order chi connectivity index (χ1) is 10.4. The number of nitrogens with zero attached hydrogens (tertiary/aromatic N) is 3. The summed E-state index contributed by atoms with van der Waals surface area (Å²) in [5.41, 5.74) is 4.50. The van der Waals surface area contributed by atoms with E-state index in [-0.39, 0.29) is 5.92 Å². The van der Waals surface area contributed by atoms with Crippen LogP contribution < -0.4 is 5.32 Å². The molecular weight excluding hydrogens is 262 g/mol. The Hall–Kier alpha value is -2.53. The summed E-state index contributed by atoms with van der Waals surface area (Å²) in [4.78, 5) is 8.37. The number of H-pyrrole nitrogens is 1. The molecule has 3 rings (SSSR count). The van der Waals surface area contributed by atoms with Gasteiger partial charge in [-0.15, -0.1) is 0 Å². The van der Waals surface area contributed by atoms with Crippen LogP contribution >= 0.6 is 0 Å². The summed E-state index contributed by atoms with van der Waals surface area (Å²) in [5, 5.41) is 10.0. The van der Waals surface area contributed by atoms with E-state index in [1.54, 1.807) is 12.5 Å². The molecule has 0 saturated carbocycles. The molecule has 1 unspecified atom stereocenters. The molecule has 0 aliphatic rings. The summed E-state index contributed by atoms with van der Waals surface area (Å²) in [6.45, 7) is 0.835. The topological polar surface area (TPSA) is 66.5 Å². The lowest BCUT2D eigenvalue weighted by Crippen LogP contribution is -2.19. The van der Waals surface area contributed by atoms with E-state index in [0.29, 0.717) is 0 Å². The molecule has 0 aliphatic carbocycles. The third-order valence-corrected chi connectivity index (χ3v) is 3.51. The Labute approximate surface area is 123 Å². The Kier molecular flexibility index (Phi) is 4.02. The first-order valence-corrected chi connectivity index (χ1v) is 6.88. The van der Waals surface area contributed by atoms with Gasteiger partial charge in [-0.3, -0.25) is 5.10 Å². The van der Waals surface area contributed by atoms with Gasteiger partial charge in [0.2, 0.25) is 0 Å². The summed E-state index contributed by atoms with van der Waals surface area (Å²) >= 11 is 0. The van der Waals surface area contributed by atoms with E-state index in [2.05, 4.69) is 49.7 Å². The first-order valence-electron chi connectivity index (χ1n) is 6.88. The quantitative estimate of drug-likeness (QED) is 0.751. The van der Waals surface area contributed by atoms with Gasteiger partial charge in [0.05, 0.1) is 11.9 Å². The van der Waals surface area contributed by atoms with E-state index in [0.717, 1.165) is 23.4 Å². The average Bonchev–Trinajstić information content (AvgIpc) is 3.08. The van der Waals surface area contributed by atoms with E-state index in [4.69, 9.17) is 0 Å². The molecular formula is C16H17N5. The minimum atomic E-state index is 0.219. The van der Waals surface area contributed by atoms with Gasteiger partial charge in [-0.05, 0) is 24.2 Å². The average molecular weight is 279 g/mol. The summed E-state index contributed by atoms with van der Waals surface area (Å²) in [6, 6.07) is 10.5. The molecule has 3 aromatic rings. The van der Waals surface area contributed by atoms with Crippen LogP contribution in [0.3, 0.4) is 0 Å². The molecule has 0 aliphatic heterocycles. The Morgan fingerprint density at radius 1 is 1.14 bits per heavy atom. The minimum Gasteiger partial charge on any atom is -0.319 e. The third kappa shape index (κ3) is 2.98. The van der Waals surface area contributed by atoms with Crippen LogP contribution in [0.5, 0.6) is 0 Å². The Morgan fingerprint density at radius 2 is 2.00 bits per heavy atom. The lowest BCUT2D eigenvalue weighted by molar-refractivity contribution is 0.689. The Bertz CT molecular complexity index is 662. The van der Waals surface area contributed by atoms with Crippen LogP contribution in [0.1, 0.15) is 17.2 Å². The van der Waals surface area contributed by atoms with Crippen molar-refractivity contribution in [1.82, 2.24) is 25.5 Å². The fourth-order valence-corrected chi connectivity index (χ4v) is 2.42. The minimum absolute atomic E-state index is 0.219. The fourth-order valence-electron chi connectivity index (χ4n) is 2.42. The van der Waals surface area contributed by atoms with Gasteiger partial charge in [-0.2, -0.15) is 5.10 Å². The van der Waals surface area contributed by atoms with E-state index in [1.807, 2.05) is 25.5 Å². The van der Waals surface area contributed by atoms with Crippen LogP contribution in [0.4, 0.5) is 0 Å². The molecule has 106 valence electrons. The third-order valence-electron chi connectivity index (χ3n) is 3.51. The first kappa shape index (κ1) is 13.5. The van der Waals surface area contributed by atoms with Crippen molar-refractivity contribution in [3.63, 3.8) is 0 Å². The van der Waals surface area contributed by atoms with E-state index < -0.39 is 0 Å². The molecule has 0 spiro atoms. The second kappa shape index (κ2) is 6.28. The molecule has 0 saturated heterocycles. The van der Waals surface area contributed by atoms with Gasteiger partial charge in [0.1, 0.15) is 6.33 Å². The Balaban J connectivity index is 1.90. The number of aromatic amines is 1. The summed E-state index contributed by atoms with van der Waals surface area (Å²) in [5.74, 6) is 0.219. The van der Waals surface area contributed by atoms with Crippen molar-refractivity contribution < 1.29 is 0 Å². The van der Waals surface area contributed by atoms with Crippen LogP contribution in [0.2, 0.25) is 0 Å². The lowest BCUT2D eigenvalue weighted by Gasteiger charge is -2.16. The van der Waals surface area contributed by atoms with Gasteiger partial charge < -0.3 is 5.32 Å². The molecule has 1 aromatic carbocycles. The predicted molar refractivity (Wildman–Crippen MR) is 81.8 cm³/mol. The molecule has 0 amide bonds. The molecule has 2 aromatic heterocycles. The second-order valence-corrected chi connectivity index (χ2v) is 4.85. The number of nitrogens with one attached hydrogen (secondary N) is 2. The SMILES string of the molecule is CNCC(c1ccc(-c2cn[nH]c2)cc1)c1ccncn1. The molecule has 0 bridgehead atoms. The smallest absolute Gasteiger partial charge is 0.115 e. The van der Waals surface area contributed by atoms with Crippen molar-refractivity contribution in [2.24, 2.45) is 0 Å². The highest BCUT2D eigenvalue weighted by molar-refractivity contribution is 5.62. The number of rotatable bonds is 5. The lowest BCUT2D eigenvalue weighted by atomic mass is 9.94. The number of hydrogen-bond donors (Lipinski definition) is 2. The number of aromatic nitrogens is 4. The standard InChI is InChI=1S/C16H17N5/c1-17-10-15(16-6-7-18-11-19-16)13-4-2-12(3-5-13)14-8-20-21-9-14/h2-9,11,15,17H,10H2,1H3,(H,20,21). The van der Waals surface area contributed by atoms with Crippen LogP contribution in [0.25, 0.3) is 11.1 Å². The summed E-state index contributed by atoms with van der Waals surface area (Å²) in [6.07, 6.45) is 7.09. The van der Waals surface area contributed by atoms with Gasteiger partial charge >= 0.3 is 0 Å². The fraction of sp³-hybridized carbons (Fsp3) is 0.188. The molecule has 5 nitrogen and oxygen atoms in total.